The molecule has 1 fully saturated rings. The smallest absolute Gasteiger partial charge is 0.289 e. The second kappa shape index (κ2) is 6.03. The van der Waals surface area contributed by atoms with E-state index >= 15 is 0 Å². The van der Waals surface area contributed by atoms with Crippen molar-refractivity contribution in [2.24, 2.45) is 0 Å². The zero-order valence-electron chi connectivity index (χ0n) is 11.1. The molecule has 0 saturated carbocycles. The number of piperazine rings is 1. The van der Waals surface area contributed by atoms with Crippen molar-refractivity contribution in [3.63, 3.8) is 0 Å². The number of halogens is 1. The predicted molar refractivity (Wildman–Crippen MR) is 82.5 cm³/mol. The number of furan rings is 1. The molecule has 3 heterocycles. The van der Waals surface area contributed by atoms with E-state index in [1.807, 2.05) is 17.5 Å². The lowest BCUT2D eigenvalue weighted by Crippen LogP contribution is -2.50. The van der Waals surface area contributed by atoms with Gasteiger partial charge in [0, 0.05) is 26.2 Å². The van der Waals surface area contributed by atoms with Crippen LogP contribution in [0.4, 0.5) is 0 Å². The number of rotatable bonds is 2. The van der Waals surface area contributed by atoms with Crippen LogP contribution in [0.1, 0.15) is 20.2 Å². The average molecular weight is 369 g/mol. The zero-order chi connectivity index (χ0) is 14.8. The Morgan fingerprint density at radius 1 is 1.05 bits per heavy atom. The summed E-state index contributed by atoms with van der Waals surface area (Å²) in [5.41, 5.74) is 0. The number of carbonyl (C=O) groups excluding carboxylic acids is 2. The van der Waals surface area contributed by atoms with E-state index < -0.39 is 0 Å². The minimum atomic E-state index is -0.135. The minimum absolute atomic E-state index is 0.0397. The number of hydrogen-bond donors (Lipinski definition) is 0. The van der Waals surface area contributed by atoms with Gasteiger partial charge in [0.2, 0.25) is 0 Å². The highest BCUT2D eigenvalue weighted by Gasteiger charge is 2.27. The van der Waals surface area contributed by atoms with Gasteiger partial charge >= 0.3 is 0 Å². The van der Waals surface area contributed by atoms with E-state index in [-0.39, 0.29) is 11.8 Å². The largest absolute Gasteiger partial charge is 0.444 e. The fourth-order valence-electron chi connectivity index (χ4n) is 2.25. The summed E-state index contributed by atoms with van der Waals surface area (Å²) >= 11 is 4.63. The summed E-state index contributed by atoms with van der Waals surface area (Å²) in [5.74, 6) is 0.224. The maximum Gasteiger partial charge on any atom is 0.289 e. The van der Waals surface area contributed by atoms with Crippen molar-refractivity contribution < 1.29 is 14.0 Å². The summed E-state index contributed by atoms with van der Waals surface area (Å²) in [6, 6.07) is 7.04. The van der Waals surface area contributed by atoms with Crippen molar-refractivity contribution >= 4 is 39.1 Å². The summed E-state index contributed by atoms with van der Waals surface area (Å²) < 4.78 is 5.82. The maximum atomic E-state index is 12.2. The van der Waals surface area contributed by atoms with Gasteiger partial charge in [-0.15, -0.1) is 11.3 Å². The molecule has 0 aliphatic carbocycles. The van der Waals surface area contributed by atoms with Crippen LogP contribution in [-0.2, 0) is 0 Å². The van der Waals surface area contributed by atoms with Gasteiger partial charge in [0.1, 0.15) is 0 Å². The molecule has 2 amide bonds. The van der Waals surface area contributed by atoms with Crippen LogP contribution in [0.2, 0.25) is 0 Å². The van der Waals surface area contributed by atoms with Gasteiger partial charge in [-0.05, 0) is 39.5 Å². The normalized spacial score (nSPS) is 15.3. The van der Waals surface area contributed by atoms with E-state index in [0.29, 0.717) is 36.6 Å². The topological polar surface area (TPSA) is 53.8 Å². The third-order valence-corrected chi connectivity index (χ3v) is 4.65. The molecule has 0 N–H and O–H groups in total. The standard InChI is InChI=1S/C14H13BrN2O3S/c15-12-4-3-10(20-12)13(18)16-5-7-17(8-6-16)14(19)11-2-1-9-21-11/h1-4,9H,5-8H2. The molecule has 1 aliphatic rings. The van der Waals surface area contributed by atoms with Crippen LogP contribution < -0.4 is 0 Å². The van der Waals surface area contributed by atoms with Gasteiger partial charge in [0.15, 0.2) is 10.4 Å². The molecular formula is C14H13BrN2O3S. The molecule has 110 valence electrons. The van der Waals surface area contributed by atoms with Gasteiger partial charge in [-0.3, -0.25) is 9.59 Å². The summed E-state index contributed by atoms with van der Waals surface area (Å²) in [4.78, 5) is 28.7. The molecule has 1 aliphatic heterocycles. The van der Waals surface area contributed by atoms with Crippen LogP contribution in [0.25, 0.3) is 0 Å². The number of thiophene rings is 1. The fourth-order valence-corrected chi connectivity index (χ4v) is 3.25. The second-order valence-corrected chi connectivity index (χ2v) is 6.39. The molecule has 3 rings (SSSR count). The Bertz CT molecular complexity index is 645. The summed E-state index contributed by atoms with van der Waals surface area (Å²) in [7, 11) is 0. The number of nitrogens with zero attached hydrogens (tertiary/aromatic N) is 2. The Labute approximate surface area is 134 Å². The van der Waals surface area contributed by atoms with E-state index in [1.54, 1.807) is 21.9 Å². The Morgan fingerprint density at radius 3 is 2.24 bits per heavy atom. The molecule has 0 aromatic carbocycles. The first kappa shape index (κ1) is 14.3. The van der Waals surface area contributed by atoms with E-state index in [4.69, 9.17) is 4.42 Å². The maximum absolute atomic E-state index is 12.2. The van der Waals surface area contributed by atoms with Crippen LogP contribution in [-0.4, -0.2) is 47.8 Å². The first-order chi connectivity index (χ1) is 10.1. The lowest BCUT2D eigenvalue weighted by atomic mass is 10.2. The minimum Gasteiger partial charge on any atom is -0.444 e. The average Bonchev–Trinajstić information content (AvgIpc) is 3.17. The summed E-state index contributed by atoms with van der Waals surface area (Å²) in [6.07, 6.45) is 0. The lowest BCUT2D eigenvalue weighted by molar-refractivity contribution is 0.0520. The van der Waals surface area contributed by atoms with Gasteiger partial charge < -0.3 is 14.2 Å². The highest BCUT2D eigenvalue weighted by atomic mass is 79.9. The van der Waals surface area contributed by atoms with Gasteiger partial charge in [-0.2, -0.15) is 0 Å². The van der Waals surface area contributed by atoms with Crippen molar-refractivity contribution in [3.8, 4) is 0 Å². The molecule has 5 nitrogen and oxygen atoms in total. The second-order valence-electron chi connectivity index (χ2n) is 4.67. The molecule has 7 heteroatoms. The van der Waals surface area contributed by atoms with Crippen molar-refractivity contribution in [2.45, 2.75) is 0 Å². The molecule has 0 unspecified atom stereocenters. The van der Waals surface area contributed by atoms with Crippen LogP contribution in [0.5, 0.6) is 0 Å². The first-order valence-corrected chi connectivity index (χ1v) is 8.20. The van der Waals surface area contributed by atoms with E-state index in [0.717, 1.165) is 4.88 Å². The molecule has 0 bridgehead atoms. The van der Waals surface area contributed by atoms with E-state index in [1.165, 1.54) is 11.3 Å². The molecule has 21 heavy (non-hydrogen) atoms. The van der Waals surface area contributed by atoms with Crippen molar-refractivity contribution in [2.75, 3.05) is 26.2 Å². The third-order valence-electron chi connectivity index (χ3n) is 3.37. The zero-order valence-corrected chi connectivity index (χ0v) is 13.5. The quantitative estimate of drug-likeness (QED) is 0.818. The van der Waals surface area contributed by atoms with Gasteiger partial charge in [0.05, 0.1) is 4.88 Å². The molecule has 2 aromatic heterocycles. The van der Waals surface area contributed by atoms with Crippen molar-refractivity contribution in [1.82, 2.24) is 9.80 Å². The van der Waals surface area contributed by atoms with Gasteiger partial charge in [-0.25, -0.2) is 0 Å². The first-order valence-electron chi connectivity index (χ1n) is 6.52. The van der Waals surface area contributed by atoms with E-state index in [9.17, 15) is 9.59 Å². The van der Waals surface area contributed by atoms with Gasteiger partial charge in [-0.1, -0.05) is 6.07 Å². The summed E-state index contributed by atoms with van der Waals surface area (Å²) in [5, 5.41) is 1.89. The van der Waals surface area contributed by atoms with Crippen molar-refractivity contribution in [1.29, 1.82) is 0 Å². The Hall–Kier alpha value is -1.60. The highest BCUT2D eigenvalue weighted by molar-refractivity contribution is 9.10. The molecule has 2 aromatic rings. The van der Waals surface area contributed by atoms with Crippen LogP contribution in [0, 0.1) is 0 Å². The molecule has 1 saturated heterocycles. The summed E-state index contributed by atoms with van der Waals surface area (Å²) in [6.45, 7) is 2.14. The number of amides is 2. The van der Waals surface area contributed by atoms with E-state index in [2.05, 4.69) is 15.9 Å². The van der Waals surface area contributed by atoms with Crippen LogP contribution in [0.3, 0.4) is 0 Å². The molecule has 0 spiro atoms. The number of carbonyl (C=O) groups is 2. The predicted octanol–water partition coefficient (Wildman–Crippen LogP) is 2.70. The Kier molecular flexibility index (Phi) is 4.12. The monoisotopic (exact) mass is 368 g/mol. The highest BCUT2D eigenvalue weighted by Crippen LogP contribution is 2.18. The van der Waals surface area contributed by atoms with Crippen molar-refractivity contribution in [3.05, 3.63) is 45.0 Å². The SMILES string of the molecule is O=C(c1ccc(Br)o1)N1CCN(C(=O)c2cccs2)CC1. The van der Waals surface area contributed by atoms with Gasteiger partial charge in [0.25, 0.3) is 11.8 Å². The third kappa shape index (κ3) is 3.03. The van der Waals surface area contributed by atoms with Crippen LogP contribution in [0.15, 0.2) is 38.7 Å². The van der Waals surface area contributed by atoms with Crippen LogP contribution >= 0.6 is 27.3 Å². The Balaban J connectivity index is 1.60. The molecular weight excluding hydrogens is 356 g/mol. The Morgan fingerprint density at radius 2 is 1.71 bits per heavy atom. The number of hydrogen-bond acceptors (Lipinski definition) is 4. The molecule has 0 radical (unpaired) electrons. The lowest BCUT2D eigenvalue weighted by Gasteiger charge is -2.34. The fraction of sp³-hybridized carbons (Fsp3) is 0.286. The molecule has 0 atom stereocenters.